The molecule has 1 rings (SSSR count). The minimum Gasteiger partial charge on any atom is -0.465 e. The molecule has 0 aliphatic rings. The predicted octanol–water partition coefficient (Wildman–Crippen LogP) is 1.41. The number of carbonyl (C=O) groups is 1. The Balaban J connectivity index is 3.05. The Hall–Kier alpha value is -1.34. The lowest BCUT2D eigenvalue weighted by atomic mass is 10.2. The van der Waals surface area contributed by atoms with Crippen LogP contribution >= 0.6 is 11.3 Å². The summed E-state index contributed by atoms with van der Waals surface area (Å²) in [7, 11) is 1.29. The van der Waals surface area contributed by atoms with Gasteiger partial charge in [0.1, 0.15) is 6.07 Å². The summed E-state index contributed by atoms with van der Waals surface area (Å²) in [5.74, 6) is -0.456. The Morgan fingerprint density at radius 1 is 1.73 bits per heavy atom. The Kier molecular flexibility index (Phi) is 2.24. The normalized spacial score (nSPS) is 8.73. The lowest BCUT2D eigenvalue weighted by Crippen LogP contribution is -2.00. The first-order valence-corrected chi connectivity index (χ1v) is 3.78. The molecule has 4 heteroatoms. The van der Waals surface area contributed by atoms with Crippen LogP contribution in [0, 0.1) is 11.3 Å². The van der Waals surface area contributed by atoms with E-state index in [1.807, 2.05) is 6.07 Å². The highest BCUT2D eigenvalue weighted by molar-refractivity contribution is 7.08. The van der Waals surface area contributed by atoms with E-state index in [0.29, 0.717) is 11.1 Å². The number of nitrogens with zero attached hydrogens (tertiary/aromatic N) is 1. The molecular weight excluding hydrogens is 162 g/mol. The van der Waals surface area contributed by atoms with E-state index in [1.165, 1.54) is 18.4 Å². The molecule has 0 saturated heterocycles. The SMILES string of the molecule is COC(=O)c1cscc1C#N. The predicted molar refractivity (Wildman–Crippen MR) is 40.4 cm³/mol. The van der Waals surface area contributed by atoms with Gasteiger partial charge in [-0.15, -0.1) is 0 Å². The molecule has 56 valence electrons. The van der Waals surface area contributed by atoms with E-state index in [1.54, 1.807) is 10.8 Å². The zero-order valence-electron chi connectivity index (χ0n) is 5.83. The number of methoxy groups -OCH3 is 1. The lowest BCUT2D eigenvalue weighted by molar-refractivity contribution is 0.0601. The van der Waals surface area contributed by atoms with Crippen molar-refractivity contribution in [2.45, 2.75) is 0 Å². The number of rotatable bonds is 1. The second-order valence-electron chi connectivity index (χ2n) is 1.80. The van der Waals surface area contributed by atoms with E-state index < -0.39 is 5.97 Å². The maximum atomic E-state index is 10.9. The number of hydrogen-bond donors (Lipinski definition) is 0. The van der Waals surface area contributed by atoms with Crippen molar-refractivity contribution in [3.8, 4) is 6.07 Å². The summed E-state index contributed by atoms with van der Waals surface area (Å²) in [5, 5.41) is 11.7. The van der Waals surface area contributed by atoms with E-state index in [9.17, 15) is 4.79 Å². The van der Waals surface area contributed by atoms with E-state index in [-0.39, 0.29) is 0 Å². The van der Waals surface area contributed by atoms with Crippen LogP contribution in [0.25, 0.3) is 0 Å². The van der Waals surface area contributed by atoms with Gasteiger partial charge in [-0.1, -0.05) is 0 Å². The van der Waals surface area contributed by atoms with Crippen LogP contribution in [0.4, 0.5) is 0 Å². The third kappa shape index (κ3) is 1.38. The highest BCUT2D eigenvalue weighted by atomic mass is 32.1. The summed E-state index contributed by atoms with van der Waals surface area (Å²) >= 11 is 1.31. The fraction of sp³-hybridized carbons (Fsp3) is 0.143. The average molecular weight is 167 g/mol. The van der Waals surface area contributed by atoms with Crippen molar-refractivity contribution in [3.05, 3.63) is 21.9 Å². The Morgan fingerprint density at radius 2 is 2.45 bits per heavy atom. The molecule has 0 N–H and O–H groups in total. The zero-order valence-corrected chi connectivity index (χ0v) is 6.64. The Labute approximate surface area is 67.8 Å². The standard InChI is InChI=1S/C7H5NO2S/c1-10-7(9)6-4-11-3-5(6)2-8/h3-4H,1H3. The highest BCUT2D eigenvalue weighted by Gasteiger charge is 2.11. The molecule has 0 atom stereocenters. The van der Waals surface area contributed by atoms with Crippen LogP contribution in [0.1, 0.15) is 15.9 Å². The molecule has 0 bridgehead atoms. The minimum absolute atomic E-state index is 0.347. The van der Waals surface area contributed by atoms with E-state index in [2.05, 4.69) is 4.74 Å². The van der Waals surface area contributed by atoms with Gasteiger partial charge < -0.3 is 4.74 Å². The molecule has 0 spiro atoms. The molecule has 1 heterocycles. The maximum Gasteiger partial charge on any atom is 0.340 e. The minimum atomic E-state index is -0.456. The van der Waals surface area contributed by atoms with Crippen molar-refractivity contribution in [2.24, 2.45) is 0 Å². The molecule has 0 fully saturated rings. The number of hydrogen-bond acceptors (Lipinski definition) is 4. The third-order valence-corrected chi connectivity index (χ3v) is 1.93. The molecule has 0 unspecified atom stereocenters. The molecule has 0 amide bonds. The molecule has 0 aliphatic heterocycles. The molecule has 3 nitrogen and oxygen atoms in total. The van der Waals surface area contributed by atoms with Crippen LogP contribution in [-0.4, -0.2) is 13.1 Å². The van der Waals surface area contributed by atoms with Gasteiger partial charge in [0, 0.05) is 10.8 Å². The second kappa shape index (κ2) is 3.17. The van der Waals surface area contributed by atoms with Crippen LogP contribution in [0.15, 0.2) is 10.8 Å². The fourth-order valence-electron chi connectivity index (χ4n) is 0.652. The van der Waals surface area contributed by atoms with Gasteiger partial charge in [0.2, 0.25) is 0 Å². The first-order valence-electron chi connectivity index (χ1n) is 2.84. The Bertz CT molecular complexity index is 310. The summed E-state index contributed by atoms with van der Waals surface area (Å²) in [4.78, 5) is 10.9. The summed E-state index contributed by atoms with van der Waals surface area (Å²) in [6.45, 7) is 0. The number of esters is 1. The monoisotopic (exact) mass is 167 g/mol. The molecule has 11 heavy (non-hydrogen) atoms. The van der Waals surface area contributed by atoms with Crippen molar-refractivity contribution in [2.75, 3.05) is 7.11 Å². The molecule has 0 aliphatic carbocycles. The maximum absolute atomic E-state index is 10.9. The second-order valence-corrected chi connectivity index (χ2v) is 2.55. The zero-order chi connectivity index (χ0) is 8.27. The van der Waals surface area contributed by atoms with Crippen LogP contribution in [0.2, 0.25) is 0 Å². The fourth-order valence-corrected chi connectivity index (χ4v) is 1.39. The molecule has 1 aromatic rings. The largest absolute Gasteiger partial charge is 0.465 e. The van der Waals surface area contributed by atoms with Gasteiger partial charge in [0.15, 0.2) is 0 Å². The van der Waals surface area contributed by atoms with Gasteiger partial charge in [-0.05, 0) is 0 Å². The number of thiophene rings is 1. The van der Waals surface area contributed by atoms with Gasteiger partial charge in [-0.2, -0.15) is 16.6 Å². The third-order valence-electron chi connectivity index (χ3n) is 1.19. The van der Waals surface area contributed by atoms with Crippen molar-refractivity contribution < 1.29 is 9.53 Å². The van der Waals surface area contributed by atoms with Gasteiger partial charge >= 0.3 is 5.97 Å². The molecule has 0 aromatic carbocycles. The van der Waals surface area contributed by atoms with E-state index >= 15 is 0 Å². The van der Waals surface area contributed by atoms with E-state index in [0.717, 1.165) is 0 Å². The summed E-state index contributed by atoms with van der Waals surface area (Å²) in [6, 6.07) is 1.90. The van der Waals surface area contributed by atoms with Crippen molar-refractivity contribution in [3.63, 3.8) is 0 Å². The number of carbonyl (C=O) groups excluding carboxylic acids is 1. The van der Waals surface area contributed by atoms with Crippen molar-refractivity contribution >= 4 is 17.3 Å². The lowest BCUT2D eigenvalue weighted by Gasteiger charge is -1.93. The number of nitriles is 1. The quantitative estimate of drug-likeness (QED) is 0.594. The molecule has 0 radical (unpaired) electrons. The number of ether oxygens (including phenoxy) is 1. The van der Waals surface area contributed by atoms with Crippen LogP contribution < -0.4 is 0 Å². The first kappa shape index (κ1) is 7.76. The van der Waals surface area contributed by atoms with E-state index in [4.69, 9.17) is 5.26 Å². The van der Waals surface area contributed by atoms with Crippen LogP contribution in [0.5, 0.6) is 0 Å². The molecular formula is C7H5NO2S. The summed E-state index contributed by atoms with van der Waals surface area (Å²) in [6.07, 6.45) is 0. The van der Waals surface area contributed by atoms with Crippen molar-refractivity contribution in [1.29, 1.82) is 5.26 Å². The average Bonchev–Trinajstić information content (AvgIpc) is 2.50. The summed E-state index contributed by atoms with van der Waals surface area (Å²) < 4.78 is 4.45. The smallest absolute Gasteiger partial charge is 0.340 e. The van der Waals surface area contributed by atoms with Gasteiger partial charge in [0.05, 0.1) is 18.2 Å². The first-order chi connectivity index (χ1) is 5.29. The highest BCUT2D eigenvalue weighted by Crippen LogP contribution is 2.14. The molecule has 1 aromatic heterocycles. The summed E-state index contributed by atoms with van der Waals surface area (Å²) in [5.41, 5.74) is 0.724. The van der Waals surface area contributed by atoms with Gasteiger partial charge in [0.25, 0.3) is 0 Å². The Morgan fingerprint density at radius 3 is 3.00 bits per heavy atom. The van der Waals surface area contributed by atoms with Gasteiger partial charge in [-0.25, -0.2) is 4.79 Å². The van der Waals surface area contributed by atoms with Crippen LogP contribution in [-0.2, 0) is 4.74 Å². The van der Waals surface area contributed by atoms with Crippen molar-refractivity contribution in [1.82, 2.24) is 0 Å². The van der Waals surface area contributed by atoms with Gasteiger partial charge in [-0.3, -0.25) is 0 Å². The van der Waals surface area contributed by atoms with Crippen LogP contribution in [0.3, 0.4) is 0 Å². The molecule has 0 saturated carbocycles. The topological polar surface area (TPSA) is 50.1 Å².